The zero-order valence-corrected chi connectivity index (χ0v) is 16.8. The summed E-state index contributed by atoms with van der Waals surface area (Å²) in [6.07, 6.45) is 2.57. The maximum Gasteiger partial charge on any atom is 0.297 e. The molecular formula is C23H18N2O3S. The molecule has 144 valence electrons. The topological polar surface area (TPSA) is 63.4 Å². The van der Waals surface area contributed by atoms with Gasteiger partial charge in [0.25, 0.3) is 5.91 Å². The van der Waals surface area contributed by atoms with Gasteiger partial charge in [-0.2, -0.15) is 0 Å². The first-order valence-corrected chi connectivity index (χ1v) is 10.4. The number of rotatable bonds is 3. The highest BCUT2D eigenvalue weighted by Crippen LogP contribution is 2.41. The van der Waals surface area contributed by atoms with E-state index in [1.165, 1.54) is 16.9 Å². The van der Waals surface area contributed by atoms with Gasteiger partial charge in [0.1, 0.15) is 5.58 Å². The summed E-state index contributed by atoms with van der Waals surface area (Å²) in [6.45, 7) is 4.02. The van der Waals surface area contributed by atoms with Gasteiger partial charge in [-0.3, -0.25) is 14.5 Å². The fraction of sp³-hybridized carbons (Fsp3) is 0.174. The molecule has 0 N–H and O–H groups in total. The molecule has 0 bridgehead atoms. The normalized spacial score (nSPS) is 15.9. The Bertz CT molecular complexity index is 1290. The molecule has 5 rings (SSSR count). The quantitative estimate of drug-likeness (QED) is 0.490. The Kier molecular flexibility index (Phi) is 4.10. The van der Waals surface area contributed by atoms with Crippen LogP contribution in [0.3, 0.4) is 0 Å². The van der Waals surface area contributed by atoms with Crippen molar-refractivity contribution in [3.05, 3.63) is 92.3 Å². The second-order valence-corrected chi connectivity index (χ2v) is 8.03. The van der Waals surface area contributed by atoms with E-state index >= 15 is 0 Å². The Morgan fingerprint density at radius 3 is 2.62 bits per heavy atom. The first-order chi connectivity index (χ1) is 14.1. The van der Waals surface area contributed by atoms with Crippen LogP contribution in [0.4, 0.5) is 5.13 Å². The third kappa shape index (κ3) is 2.71. The Labute approximate surface area is 171 Å². The number of hydrogen-bond acceptors (Lipinski definition) is 5. The summed E-state index contributed by atoms with van der Waals surface area (Å²) in [4.78, 5) is 32.7. The Hall–Kier alpha value is -3.25. The number of thiazole rings is 1. The highest BCUT2D eigenvalue weighted by Gasteiger charge is 2.44. The number of hydrogen-bond donors (Lipinski definition) is 0. The molecule has 1 atom stereocenters. The minimum atomic E-state index is -0.560. The van der Waals surface area contributed by atoms with Crippen LogP contribution < -0.4 is 10.3 Å². The van der Waals surface area contributed by atoms with Crippen LogP contribution in [-0.2, 0) is 6.42 Å². The van der Waals surface area contributed by atoms with Crippen LogP contribution >= 0.6 is 11.3 Å². The lowest BCUT2D eigenvalue weighted by Gasteiger charge is -2.22. The number of amides is 1. The molecule has 2 aromatic carbocycles. The molecule has 5 nitrogen and oxygen atoms in total. The third-order valence-corrected chi connectivity index (χ3v) is 6.13. The van der Waals surface area contributed by atoms with Crippen LogP contribution in [0.25, 0.3) is 11.0 Å². The number of nitrogens with zero attached hydrogens (tertiary/aromatic N) is 2. The summed E-state index contributed by atoms with van der Waals surface area (Å²) in [5.41, 5.74) is 3.67. The molecule has 0 unspecified atom stereocenters. The van der Waals surface area contributed by atoms with Crippen LogP contribution in [0, 0.1) is 6.92 Å². The van der Waals surface area contributed by atoms with Crippen LogP contribution in [0.1, 0.15) is 45.8 Å². The lowest BCUT2D eigenvalue weighted by molar-refractivity contribution is 0.0971. The lowest BCUT2D eigenvalue weighted by Crippen LogP contribution is -2.29. The number of anilines is 1. The molecule has 1 aliphatic rings. The molecule has 3 heterocycles. The van der Waals surface area contributed by atoms with E-state index in [1.54, 1.807) is 17.2 Å². The van der Waals surface area contributed by atoms with Gasteiger partial charge in [0.05, 0.1) is 17.0 Å². The number of benzene rings is 2. The minimum Gasteiger partial charge on any atom is -0.450 e. The van der Waals surface area contributed by atoms with Gasteiger partial charge in [0, 0.05) is 11.6 Å². The van der Waals surface area contributed by atoms with Gasteiger partial charge in [-0.1, -0.05) is 42.8 Å². The summed E-state index contributed by atoms with van der Waals surface area (Å²) in [6, 6.07) is 12.9. The van der Waals surface area contributed by atoms with Crippen LogP contribution in [0.5, 0.6) is 0 Å². The second-order valence-electron chi connectivity index (χ2n) is 7.16. The van der Waals surface area contributed by atoms with Crippen molar-refractivity contribution in [2.45, 2.75) is 26.3 Å². The highest BCUT2D eigenvalue weighted by atomic mass is 32.1. The predicted octanol–water partition coefficient (Wildman–Crippen LogP) is 4.87. The van der Waals surface area contributed by atoms with E-state index in [2.05, 4.69) is 11.9 Å². The molecule has 6 heteroatoms. The minimum absolute atomic E-state index is 0.103. The van der Waals surface area contributed by atoms with Crippen LogP contribution in [-0.4, -0.2) is 10.9 Å². The van der Waals surface area contributed by atoms with E-state index < -0.39 is 6.04 Å². The predicted molar refractivity (Wildman–Crippen MR) is 114 cm³/mol. The van der Waals surface area contributed by atoms with E-state index in [0.717, 1.165) is 17.5 Å². The largest absolute Gasteiger partial charge is 0.450 e. The van der Waals surface area contributed by atoms with Gasteiger partial charge in [-0.15, -0.1) is 11.3 Å². The Balaban J connectivity index is 1.80. The van der Waals surface area contributed by atoms with Gasteiger partial charge in [-0.05, 0) is 36.6 Å². The average molecular weight is 402 g/mol. The SMILES string of the molecule is CCc1ccc([C@H]2c3c(oc4ccc(C)cc4c3=O)C(=O)N2c2nccs2)cc1. The summed E-state index contributed by atoms with van der Waals surface area (Å²) in [5, 5.41) is 2.86. The Morgan fingerprint density at radius 1 is 1.14 bits per heavy atom. The first kappa shape index (κ1) is 17.8. The molecule has 0 saturated carbocycles. The first-order valence-electron chi connectivity index (χ1n) is 9.47. The van der Waals surface area contributed by atoms with E-state index in [1.807, 2.05) is 48.7 Å². The van der Waals surface area contributed by atoms with Gasteiger partial charge in [0.2, 0.25) is 5.76 Å². The molecule has 0 aliphatic carbocycles. The zero-order chi connectivity index (χ0) is 20.1. The zero-order valence-electron chi connectivity index (χ0n) is 16.0. The second kappa shape index (κ2) is 6.67. The third-order valence-electron chi connectivity index (χ3n) is 5.35. The summed E-state index contributed by atoms with van der Waals surface area (Å²) in [7, 11) is 0. The van der Waals surface area contributed by atoms with Crippen molar-refractivity contribution in [3.8, 4) is 0 Å². The van der Waals surface area contributed by atoms with Crippen molar-refractivity contribution in [2.24, 2.45) is 0 Å². The van der Waals surface area contributed by atoms with Crippen molar-refractivity contribution in [2.75, 3.05) is 4.90 Å². The molecule has 0 fully saturated rings. The van der Waals surface area contributed by atoms with Crippen molar-refractivity contribution in [1.29, 1.82) is 0 Å². The monoisotopic (exact) mass is 402 g/mol. The molecule has 29 heavy (non-hydrogen) atoms. The van der Waals surface area contributed by atoms with Crippen molar-refractivity contribution < 1.29 is 9.21 Å². The fourth-order valence-corrected chi connectivity index (χ4v) is 4.54. The molecule has 1 amide bonds. The van der Waals surface area contributed by atoms with Crippen molar-refractivity contribution in [3.63, 3.8) is 0 Å². The van der Waals surface area contributed by atoms with Gasteiger partial charge >= 0.3 is 0 Å². The molecule has 4 aromatic rings. The summed E-state index contributed by atoms with van der Waals surface area (Å²) >= 11 is 1.36. The lowest BCUT2D eigenvalue weighted by atomic mass is 9.97. The van der Waals surface area contributed by atoms with Crippen LogP contribution in [0.2, 0.25) is 0 Å². The molecule has 0 radical (unpaired) electrons. The highest BCUT2D eigenvalue weighted by molar-refractivity contribution is 7.13. The smallest absolute Gasteiger partial charge is 0.297 e. The molecular weight excluding hydrogens is 384 g/mol. The standard InChI is InChI=1S/C23H18N2O3S/c1-3-14-5-7-15(8-6-14)19-18-20(26)16-12-13(2)4-9-17(16)28-21(18)22(27)25(19)23-24-10-11-29-23/h4-12,19H,3H2,1-2H3/t19-/m0/s1. The molecule has 2 aromatic heterocycles. The number of carbonyl (C=O) groups excluding carboxylic acids is 1. The molecule has 0 saturated heterocycles. The van der Waals surface area contributed by atoms with Crippen molar-refractivity contribution in [1.82, 2.24) is 4.98 Å². The average Bonchev–Trinajstić information content (AvgIpc) is 3.35. The van der Waals surface area contributed by atoms with E-state index in [4.69, 9.17) is 4.42 Å². The van der Waals surface area contributed by atoms with Gasteiger partial charge in [0.15, 0.2) is 10.6 Å². The summed E-state index contributed by atoms with van der Waals surface area (Å²) < 4.78 is 5.96. The van der Waals surface area contributed by atoms with E-state index in [0.29, 0.717) is 21.7 Å². The number of fused-ring (bicyclic) bond motifs is 2. The van der Waals surface area contributed by atoms with E-state index in [-0.39, 0.29) is 17.1 Å². The summed E-state index contributed by atoms with van der Waals surface area (Å²) in [5.74, 6) is -0.231. The fourth-order valence-electron chi connectivity index (χ4n) is 3.87. The number of carbonyl (C=O) groups is 1. The van der Waals surface area contributed by atoms with E-state index in [9.17, 15) is 9.59 Å². The Morgan fingerprint density at radius 2 is 1.93 bits per heavy atom. The van der Waals surface area contributed by atoms with Crippen molar-refractivity contribution >= 4 is 33.3 Å². The van der Waals surface area contributed by atoms with Crippen LogP contribution in [0.15, 0.2) is 63.3 Å². The number of aryl methyl sites for hydroxylation is 2. The maximum atomic E-state index is 13.5. The maximum absolute atomic E-state index is 13.5. The molecule has 1 aliphatic heterocycles. The molecule has 0 spiro atoms. The van der Waals surface area contributed by atoms with Gasteiger partial charge in [-0.25, -0.2) is 4.98 Å². The number of aromatic nitrogens is 1. The van der Waals surface area contributed by atoms with Gasteiger partial charge < -0.3 is 4.42 Å².